The first kappa shape index (κ1) is 18.2. The number of allylic oxidation sites excluding steroid dienone is 11. The number of aliphatic hydroxyl groups is 2. The minimum Gasteiger partial charge on any atom is -0.498 e. The summed E-state index contributed by atoms with van der Waals surface area (Å²) in [6.07, 6.45) is 22.9. The summed E-state index contributed by atoms with van der Waals surface area (Å²) in [6.45, 7) is 1.91. The molecular weight excluding hydrogens is 252 g/mol. The molecule has 0 rings (SSSR count). The summed E-state index contributed by atoms with van der Waals surface area (Å²) in [5, 5.41) is 17.5. The summed E-state index contributed by atoms with van der Waals surface area (Å²) < 4.78 is 4.98. The van der Waals surface area contributed by atoms with Crippen molar-refractivity contribution in [3.63, 3.8) is 0 Å². The Morgan fingerprint density at radius 2 is 1.35 bits per heavy atom. The average molecular weight is 276 g/mol. The van der Waals surface area contributed by atoms with Crippen LogP contribution in [0.25, 0.3) is 0 Å². The smallest absolute Gasteiger partial charge is 0.115 e. The molecule has 0 heterocycles. The second kappa shape index (κ2) is 15.2. The molecule has 0 aliphatic carbocycles. The largest absolute Gasteiger partial charge is 0.498 e. The maximum absolute atomic E-state index is 8.99. The summed E-state index contributed by atoms with van der Waals surface area (Å²) in [5.41, 5.74) is 0. The molecular formula is C17H24O3. The predicted molar refractivity (Wildman–Crippen MR) is 84.2 cm³/mol. The van der Waals surface area contributed by atoms with Gasteiger partial charge in [0.25, 0.3) is 0 Å². The highest BCUT2D eigenvalue weighted by molar-refractivity contribution is 5.19. The van der Waals surface area contributed by atoms with Gasteiger partial charge in [0.1, 0.15) is 12.7 Å². The normalized spacial score (nSPS) is 14.9. The molecule has 0 fully saturated rings. The minimum atomic E-state index is -0.825. The molecule has 0 radical (unpaired) electrons. The lowest BCUT2D eigenvalue weighted by molar-refractivity contribution is 0.0384. The van der Waals surface area contributed by atoms with E-state index >= 15 is 0 Å². The second-order valence-corrected chi connectivity index (χ2v) is 3.87. The lowest BCUT2D eigenvalue weighted by Crippen LogP contribution is -2.17. The van der Waals surface area contributed by atoms with E-state index in [0.717, 1.165) is 6.42 Å². The number of hydrogen-bond donors (Lipinski definition) is 2. The molecule has 3 heteroatoms. The topological polar surface area (TPSA) is 49.7 Å². The monoisotopic (exact) mass is 276 g/mol. The van der Waals surface area contributed by atoms with Gasteiger partial charge in [-0.15, -0.1) is 0 Å². The molecule has 0 saturated heterocycles. The highest BCUT2D eigenvalue weighted by Crippen LogP contribution is 1.88. The molecule has 0 aromatic rings. The van der Waals surface area contributed by atoms with Crippen LogP contribution >= 0.6 is 0 Å². The van der Waals surface area contributed by atoms with E-state index in [2.05, 4.69) is 13.0 Å². The van der Waals surface area contributed by atoms with Gasteiger partial charge in [-0.05, 0) is 12.5 Å². The Morgan fingerprint density at radius 1 is 0.850 bits per heavy atom. The van der Waals surface area contributed by atoms with Gasteiger partial charge in [-0.25, -0.2) is 0 Å². The Bertz CT molecular complexity index is 374. The fourth-order valence-electron chi connectivity index (χ4n) is 1.05. The van der Waals surface area contributed by atoms with E-state index in [-0.39, 0.29) is 13.2 Å². The van der Waals surface area contributed by atoms with Crippen LogP contribution in [0.5, 0.6) is 0 Å². The number of hydrogen-bond acceptors (Lipinski definition) is 3. The van der Waals surface area contributed by atoms with E-state index in [1.54, 1.807) is 6.08 Å². The number of rotatable bonds is 10. The molecule has 0 bridgehead atoms. The molecule has 1 atom stereocenters. The molecule has 0 saturated carbocycles. The van der Waals surface area contributed by atoms with Crippen molar-refractivity contribution in [2.45, 2.75) is 19.4 Å². The van der Waals surface area contributed by atoms with Gasteiger partial charge in [0, 0.05) is 0 Å². The van der Waals surface area contributed by atoms with Crippen molar-refractivity contribution in [1.29, 1.82) is 0 Å². The SMILES string of the molecule is CC\C=C/C=C\C=C/C=C\C=C/C=C\OCC(O)CO. The Hall–Kier alpha value is -1.84. The summed E-state index contributed by atoms with van der Waals surface area (Å²) in [4.78, 5) is 0. The molecule has 0 aliphatic rings. The average Bonchev–Trinajstić information content (AvgIpc) is 2.47. The third-order valence-corrected chi connectivity index (χ3v) is 2.05. The van der Waals surface area contributed by atoms with E-state index < -0.39 is 6.10 Å². The highest BCUT2D eigenvalue weighted by Gasteiger charge is 1.98. The van der Waals surface area contributed by atoms with Crippen LogP contribution in [0.15, 0.2) is 73.1 Å². The molecule has 2 N–H and O–H groups in total. The standard InChI is InChI=1S/C17H24O3/c1-2-3-4-5-6-7-8-9-10-11-12-13-14-20-16-17(19)15-18/h3-14,17-19H,2,15-16H2,1H3/b4-3-,6-5-,8-7-,10-9-,12-11-,14-13-. The molecule has 0 aromatic carbocycles. The zero-order valence-corrected chi connectivity index (χ0v) is 11.9. The minimum absolute atomic E-state index is 0.0955. The lowest BCUT2D eigenvalue weighted by Gasteiger charge is -2.04. The van der Waals surface area contributed by atoms with E-state index in [9.17, 15) is 0 Å². The second-order valence-electron chi connectivity index (χ2n) is 3.87. The molecule has 0 aromatic heterocycles. The predicted octanol–water partition coefficient (Wildman–Crippen LogP) is 3.06. The van der Waals surface area contributed by atoms with Crippen molar-refractivity contribution in [1.82, 2.24) is 0 Å². The van der Waals surface area contributed by atoms with Crippen molar-refractivity contribution in [3.05, 3.63) is 73.1 Å². The highest BCUT2D eigenvalue weighted by atomic mass is 16.5. The molecule has 1 unspecified atom stereocenters. The van der Waals surface area contributed by atoms with Gasteiger partial charge in [-0.2, -0.15) is 0 Å². The third kappa shape index (κ3) is 14.2. The fourth-order valence-corrected chi connectivity index (χ4v) is 1.05. The molecule has 0 spiro atoms. The lowest BCUT2D eigenvalue weighted by atomic mass is 10.3. The zero-order valence-electron chi connectivity index (χ0n) is 11.9. The Balaban J connectivity index is 3.70. The van der Waals surface area contributed by atoms with Crippen molar-refractivity contribution in [2.75, 3.05) is 13.2 Å². The number of ether oxygens (including phenoxy) is 1. The molecule has 0 aliphatic heterocycles. The van der Waals surface area contributed by atoms with Gasteiger partial charge in [0.2, 0.25) is 0 Å². The van der Waals surface area contributed by atoms with Crippen LogP contribution in [0.1, 0.15) is 13.3 Å². The number of aliphatic hydroxyl groups excluding tert-OH is 2. The Kier molecular flexibility index (Phi) is 13.8. The third-order valence-electron chi connectivity index (χ3n) is 2.05. The Morgan fingerprint density at radius 3 is 1.85 bits per heavy atom. The van der Waals surface area contributed by atoms with Gasteiger partial charge in [-0.1, -0.05) is 67.7 Å². The van der Waals surface area contributed by atoms with E-state index in [1.807, 2.05) is 54.7 Å². The van der Waals surface area contributed by atoms with E-state index in [1.165, 1.54) is 6.26 Å². The molecule has 110 valence electrons. The van der Waals surface area contributed by atoms with Gasteiger partial charge in [-0.3, -0.25) is 0 Å². The molecule has 20 heavy (non-hydrogen) atoms. The molecule has 3 nitrogen and oxygen atoms in total. The van der Waals surface area contributed by atoms with Crippen LogP contribution in [0.4, 0.5) is 0 Å². The van der Waals surface area contributed by atoms with Gasteiger partial charge >= 0.3 is 0 Å². The van der Waals surface area contributed by atoms with Crippen LogP contribution in [0, 0.1) is 0 Å². The first-order chi connectivity index (χ1) is 9.81. The first-order valence-corrected chi connectivity index (χ1v) is 6.70. The van der Waals surface area contributed by atoms with Crippen LogP contribution in [0.2, 0.25) is 0 Å². The van der Waals surface area contributed by atoms with E-state index in [0.29, 0.717) is 0 Å². The van der Waals surface area contributed by atoms with Crippen molar-refractivity contribution in [3.8, 4) is 0 Å². The van der Waals surface area contributed by atoms with Crippen molar-refractivity contribution in [2.24, 2.45) is 0 Å². The maximum Gasteiger partial charge on any atom is 0.115 e. The summed E-state index contributed by atoms with van der Waals surface area (Å²) >= 11 is 0. The summed E-state index contributed by atoms with van der Waals surface area (Å²) in [5.74, 6) is 0. The van der Waals surface area contributed by atoms with Gasteiger partial charge in [0.15, 0.2) is 0 Å². The van der Waals surface area contributed by atoms with E-state index in [4.69, 9.17) is 14.9 Å². The van der Waals surface area contributed by atoms with Gasteiger partial charge < -0.3 is 14.9 Å². The quantitative estimate of drug-likeness (QED) is 0.476. The zero-order chi connectivity index (χ0) is 14.9. The van der Waals surface area contributed by atoms with Crippen molar-refractivity contribution >= 4 is 0 Å². The van der Waals surface area contributed by atoms with Crippen LogP contribution < -0.4 is 0 Å². The molecule has 0 amide bonds. The summed E-state index contributed by atoms with van der Waals surface area (Å²) in [7, 11) is 0. The fraction of sp³-hybridized carbons (Fsp3) is 0.294. The summed E-state index contributed by atoms with van der Waals surface area (Å²) in [6, 6.07) is 0. The van der Waals surface area contributed by atoms with Crippen molar-refractivity contribution < 1.29 is 14.9 Å². The van der Waals surface area contributed by atoms with Crippen LogP contribution in [-0.4, -0.2) is 29.5 Å². The Labute approximate surface area is 121 Å². The van der Waals surface area contributed by atoms with Crippen LogP contribution in [-0.2, 0) is 4.74 Å². The van der Waals surface area contributed by atoms with Gasteiger partial charge in [0.05, 0.1) is 12.9 Å². The first-order valence-electron chi connectivity index (χ1n) is 6.70. The maximum atomic E-state index is 8.99. The van der Waals surface area contributed by atoms with Crippen LogP contribution in [0.3, 0.4) is 0 Å².